The Hall–Kier alpha value is -0.690. The summed E-state index contributed by atoms with van der Waals surface area (Å²) in [5, 5.41) is 45.0. The third kappa shape index (κ3) is 2.81. The minimum Gasteiger partial charge on any atom is -0.411 e. The molecule has 0 aromatic carbocycles. The largest absolute Gasteiger partial charge is 0.411 e. The van der Waals surface area contributed by atoms with E-state index in [9.17, 15) is 0 Å². The lowest BCUT2D eigenvalue weighted by Crippen LogP contribution is -2.38. The molecule has 0 aliphatic rings. The van der Waals surface area contributed by atoms with Crippen LogP contribution < -0.4 is 0 Å². The van der Waals surface area contributed by atoms with Crippen LogP contribution in [0.2, 0.25) is 0 Å². The van der Waals surface area contributed by atoms with Gasteiger partial charge in [0.25, 0.3) is 0 Å². The number of rotatable bonds is 4. The van der Waals surface area contributed by atoms with Gasteiger partial charge in [0.05, 0.1) is 13.2 Å². The van der Waals surface area contributed by atoms with Gasteiger partial charge in [-0.3, -0.25) is 0 Å². The van der Waals surface area contributed by atoms with Crippen molar-refractivity contribution in [3.8, 4) is 0 Å². The maximum Gasteiger partial charge on any atom is 0.126 e. The number of aliphatic hydroxyl groups is 4. The van der Waals surface area contributed by atoms with Crippen LogP contribution in [0, 0.1) is 0 Å². The molecule has 0 radical (unpaired) electrons. The summed E-state index contributed by atoms with van der Waals surface area (Å²) in [5.41, 5.74) is -0.383. The molecule has 0 amide bonds. The number of oxime groups is 1. The molecule has 0 aliphatic carbocycles. The Morgan fingerprint density at radius 3 is 2.09 bits per heavy atom. The fourth-order valence-electron chi connectivity index (χ4n) is 0.506. The number of nitrogens with zero attached hydrogens (tertiary/aromatic N) is 1. The highest BCUT2D eigenvalue weighted by Gasteiger charge is 2.20. The van der Waals surface area contributed by atoms with Gasteiger partial charge in [0.15, 0.2) is 0 Å². The van der Waals surface area contributed by atoms with E-state index in [-0.39, 0.29) is 5.71 Å². The molecule has 2 atom stereocenters. The van der Waals surface area contributed by atoms with Gasteiger partial charge in [-0.05, 0) is 0 Å². The predicted molar refractivity (Wildman–Crippen MR) is 35.4 cm³/mol. The van der Waals surface area contributed by atoms with Gasteiger partial charge in [-0.2, -0.15) is 0 Å². The molecule has 0 saturated carbocycles. The molecular formula is C5H11NO5. The Kier molecular flexibility index (Phi) is 4.71. The highest BCUT2D eigenvalue weighted by atomic mass is 16.4. The molecule has 0 bridgehead atoms. The highest BCUT2D eigenvalue weighted by molar-refractivity contribution is 5.89. The van der Waals surface area contributed by atoms with Crippen molar-refractivity contribution in [2.75, 3.05) is 13.2 Å². The molecule has 0 unspecified atom stereocenters. The van der Waals surface area contributed by atoms with Crippen molar-refractivity contribution in [1.82, 2.24) is 0 Å². The summed E-state index contributed by atoms with van der Waals surface area (Å²) in [6.07, 6.45) is -2.97. The van der Waals surface area contributed by atoms with Crippen molar-refractivity contribution in [3.63, 3.8) is 0 Å². The summed E-state index contributed by atoms with van der Waals surface area (Å²) in [6.45, 7) is -1.34. The highest BCUT2D eigenvalue weighted by Crippen LogP contribution is 1.95. The molecule has 6 heteroatoms. The van der Waals surface area contributed by atoms with E-state index in [0.29, 0.717) is 0 Å². The molecule has 5 N–H and O–H groups in total. The van der Waals surface area contributed by atoms with Crippen molar-refractivity contribution in [1.29, 1.82) is 0 Å². The molecule has 0 aliphatic heterocycles. The third-order valence-corrected chi connectivity index (χ3v) is 1.18. The Bertz CT molecular complexity index is 137. The molecule has 0 fully saturated rings. The zero-order valence-electron chi connectivity index (χ0n) is 5.75. The van der Waals surface area contributed by atoms with E-state index in [2.05, 4.69) is 5.16 Å². The minimum atomic E-state index is -1.53. The number of hydrogen-bond acceptors (Lipinski definition) is 6. The average molecular weight is 165 g/mol. The van der Waals surface area contributed by atoms with Gasteiger partial charge in [-0.1, -0.05) is 5.16 Å². The summed E-state index contributed by atoms with van der Waals surface area (Å²) >= 11 is 0. The van der Waals surface area contributed by atoms with E-state index in [4.69, 9.17) is 25.6 Å². The van der Waals surface area contributed by atoms with Gasteiger partial charge in [-0.15, -0.1) is 0 Å². The Balaban J connectivity index is 4.09. The SMILES string of the molecule is OCC(=NO)[C@@H](O)[C@H](O)CO. The van der Waals surface area contributed by atoms with Crippen LogP contribution in [0.15, 0.2) is 5.16 Å². The lowest BCUT2D eigenvalue weighted by molar-refractivity contribution is 0.0149. The standard InChI is InChI=1S/C5H11NO5/c7-1-3(6-11)5(10)4(9)2-8/h4-5,7-11H,1-2H2/t4-,5-/m1/s1. The van der Waals surface area contributed by atoms with E-state index in [1.165, 1.54) is 0 Å². The second kappa shape index (κ2) is 5.03. The second-order valence-electron chi connectivity index (χ2n) is 1.94. The molecule has 0 rings (SSSR count). The maximum absolute atomic E-state index is 8.92. The van der Waals surface area contributed by atoms with Gasteiger partial charge in [-0.25, -0.2) is 0 Å². The Morgan fingerprint density at radius 2 is 1.82 bits per heavy atom. The summed E-state index contributed by atoms with van der Waals surface area (Å²) in [4.78, 5) is 0. The van der Waals surface area contributed by atoms with E-state index >= 15 is 0 Å². The molecule has 0 heterocycles. The van der Waals surface area contributed by atoms with E-state index < -0.39 is 25.4 Å². The van der Waals surface area contributed by atoms with Crippen LogP contribution in [0.3, 0.4) is 0 Å². The molecule has 11 heavy (non-hydrogen) atoms. The lowest BCUT2D eigenvalue weighted by atomic mass is 10.1. The van der Waals surface area contributed by atoms with E-state index in [1.54, 1.807) is 0 Å². The zero-order valence-corrected chi connectivity index (χ0v) is 5.75. The van der Waals surface area contributed by atoms with Crippen LogP contribution in [0.1, 0.15) is 0 Å². The Morgan fingerprint density at radius 1 is 1.27 bits per heavy atom. The van der Waals surface area contributed by atoms with Crippen molar-refractivity contribution >= 4 is 5.71 Å². The molecular weight excluding hydrogens is 154 g/mol. The summed E-state index contributed by atoms with van der Waals surface area (Å²) in [6, 6.07) is 0. The van der Waals surface area contributed by atoms with Crippen molar-refractivity contribution < 1.29 is 25.6 Å². The Labute approximate surface area is 63.0 Å². The molecule has 0 aromatic rings. The topological polar surface area (TPSA) is 114 Å². The van der Waals surface area contributed by atoms with Crippen LogP contribution in [0.5, 0.6) is 0 Å². The minimum absolute atomic E-state index is 0.383. The first-order chi connectivity index (χ1) is 5.17. The van der Waals surface area contributed by atoms with Crippen molar-refractivity contribution in [2.45, 2.75) is 12.2 Å². The van der Waals surface area contributed by atoms with E-state index in [0.717, 1.165) is 0 Å². The van der Waals surface area contributed by atoms with Crippen LogP contribution in [-0.2, 0) is 0 Å². The number of hydrogen-bond donors (Lipinski definition) is 5. The maximum atomic E-state index is 8.92. The lowest BCUT2D eigenvalue weighted by Gasteiger charge is -2.14. The fraction of sp³-hybridized carbons (Fsp3) is 0.800. The molecule has 66 valence electrons. The average Bonchev–Trinajstić information content (AvgIpc) is 2.05. The predicted octanol–water partition coefficient (Wildman–Crippen LogP) is -2.48. The van der Waals surface area contributed by atoms with Gasteiger partial charge in [0.2, 0.25) is 0 Å². The van der Waals surface area contributed by atoms with Crippen molar-refractivity contribution in [2.24, 2.45) is 5.16 Å². The summed E-state index contributed by atoms with van der Waals surface area (Å²) < 4.78 is 0. The van der Waals surface area contributed by atoms with Crippen LogP contribution in [0.25, 0.3) is 0 Å². The first-order valence-corrected chi connectivity index (χ1v) is 2.96. The van der Waals surface area contributed by atoms with Gasteiger partial charge in [0.1, 0.15) is 17.9 Å². The van der Waals surface area contributed by atoms with Gasteiger partial charge in [0, 0.05) is 0 Å². The quantitative estimate of drug-likeness (QED) is 0.180. The smallest absolute Gasteiger partial charge is 0.126 e. The fourth-order valence-corrected chi connectivity index (χ4v) is 0.506. The first-order valence-electron chi connectivity index (χ1n) is 2.96. The van der Waals surface area contributed by atoms with Gasteiger partial charge >= 0.3 is 0 Å². The summed E-state index contributed by atoms with van der Waals surface area (Å²) in [7, 11) is 0. The van der Waals surface area contributed by atoms with Crippen LogP contribution in [-0.4, -0.2) is 56.8 Å². The normalized spacial score (nSPS) is 18.0. The van der Waals surface area contributed by atoms with E-state index in [1.807, 2.05) is 0 Å². The van der Waals surface area contributed by atoms with Crippen LogP contribution in [0.4, 0.5) is 0 Å². The third-order valence-electron chi connectivity index (χ3n) is 1.18. The molecule has 6 nitrogen and oxygen atoms in total. The number of aliphatic hydroxyl groups excluding tert-OH is 4. The molecule has 0 saturated heterocycles. The first kappa shape index (κ1) is 10.3. The van der Waals surface area contributed by atoms with Gasteiger partial charge < -0.3 is 25.6 Å². The second-order valence-corrected chi connectivity index (χ2v) is 1.94. The molecule has 0 spiro atoms. The summed E-state index contributed by atoms with van der Waals surface area (Å²) in [5.74, 6) is 0. The monoisotopic (exact) mass is 165 g/mol. The molecule has 0 aromatic heterocycles. The van der Waals surface area contributed by atoms with Crippen LogP contribution >= 0.6 is 0 Å². The van der Waals surface area contributed by atoms with Crippen molar-refractivity contribution in [3.05, 3.63) is 0 Å². The zero-order chi connectivity index (χ0) is 8.85.